The fraction of sp³-hybridized carbons (Fsp3) is 0.368. The first-order valence-corrected chi connectivity index (χ1v) is 11.2. The van der Waals surface area contributed by atoms with Crippen molar-refractivity contribution in [1.29, 1.82) is 0 Å². The van der Waals surface area contributed by atoms with E-state index < -0.39 is 15.3 Å². The van der Waals surface area contributed by atoms with Gasteiger partial charge in [0.15, 0.2) is 0 Å². The number of benzene rings is 2. The highest BCUT2D eigenvalue weighted by molar-refractivity contribution is 8.26. The molecule has 0 heterocycles. The zero-order chi connectivity index (χ0) is 20.1. The lowest BCUT2D eigenvalue weighted by atomic mass is 10.0. The van der Waals surface area contributed by atoms with Crippen LogP contribution >= 0.6 is 33.0 Å². The van der Waals surface area contributed by atoms with E-state index in [0.29, 0.717) is 0 Å². The van der Waals surface area contributed by atoms with Gasteiger partial charge in [0.25, 0.3) is 0 Å². The van der Waals surface area contributed by atoms with E-state index in [2.05, 4.69) is 27.1 Å². The molecule has 0 spiro atoms. The van der Waals surface area contributed by atoms with Crippen LogP contribution in [0.4, 0.5) is 0 Å². The van der Waals surface area contributed by atoms with Crippen LogP contribution in [0.1, 0.15) is 43.9 Å². The van der Waals surface area contributed by atoms with Crippen molar-refractivity contribution in [2.75, 3.05) is 0 Å². The van der Waals surface area contributed by atoms with E-state index in [4.69, 9.17) is 21.5 Å². The highest BCUT2D eigenvalue weighted by atomic mass is 36.0. The molecule has 6 N–H and O–H groups in total. The van der Waals surface area contributed by atoms with Gasteiger partial charge in [0.2, 0.25) is 9.23 Å². The summed E-state index contributed by atoms with van der Waals surface area (Å²) in [7, 11) is 7.36. The Labute approximate surface area is 191 Å². The summed E-state index contributed by atoms with van der Waals surface area (Å²) in [6.07, 6.45) is -0.545. The fourth-order valence-corrected chi connectivity index (χ4v) is 2.06. The van der Waals surface area contributed by atoms with Crippen LogP contribution in [-0.4, -0.2) is 21.4 Å². The Morgan fingerprint density at radius 2 is 1.29 bits per heavy atom. The topological polar surface area (TPSA) is 91.0 Å². The third kappa shape index (κ3) is 15.5. The number of aliphatic hydroxyl groups is 1. The Morgan fingerprint density at radius 1 is 0.964 bits per heavy atom. The summed E-state index contributed by atoms with van der Waals surface area (Å²) in [6, 6.07) is 19.5. The Morgan fingerprint density at radius 3 is 1.57 bits per heavy atom. The molecule has 4 atom stereocenters. The van der Waals surface area contributed by atoms with E-state index in [-0.39, 0.29) is 37.3 Å². The SMILES string of the molecule is C.C[C@H](N)[C@H](O)c1ccccc1.C[C@H]([NH3+])C(Cl)c1ccccc1.O=S(Cl)Cl.[Cl-]. The van der Waals surface area contributed by atoms with Crippen molar-refractivity contribution in [3.8, 4) is 0 Å². The maximum atomic E-state index is 9.47. The van der Waals surface area contributed by atoms with E-state index in [9.17, 15) is 5.11 Å². The van der Waals surface area contributed by atoms with Gasteiger partial charge < -0.3 is 29.0 Å². The van der Waals surface area contributed by atoms with Gasteiger partial charge in [0, 0.05) is 27.4 Å². The molecular formula is C19H30Cl4N2O2S. The molecule has 0 aliphatic heterocycles. The standard InChI is InChI=1S/C9H12ClN.C9H13NO.CH4.Cl2OS.ClH/c1-7(11)9(10)8-5-3-2-4-6-8;1-7(10)9(11)8-5-3-2-4-6-8;;1-4(2)3;/h2-7,9H,11H2,1H3;2-7,9,11H,10H2,1H3;1H4;;1H/t7-,9?;7-,9-;;;/m00.../s1. The molecule has 0 radical (unpaired) electrons. The molecule has 9 heteroatoms. The molecule has 0 amide bonds. The average molecular weight is 492 g/mol. The number of aliphatic hydroxyl groups excluding tert-OH is 1. The van der Waals surface area contributed by atoms with Gasteiger partial charge in [0.1, 0.15) is 11.4 Å². The van der Waals surface area contributed by atoms with Gasteiger partial charge >= 0.3 is 0 Å². The summed E-state index contributed by atoms with van der Waals surface area (Å²) in [6.45, 7) is 3.81. The number of quaternary nitrogens is 1. The molecule has 0 aromatic heterocycles. The van der Waals surface area contributed by atoms with Crippen molar-refractivity contribution in [2.24, 2.45) is 5.73 Å². The van der Waals surface area contributed by atoms with Crippen molar-refractivity contribution in [3.05, 3.63) is 71.8 Å². The predicted octanol–water partition coefficient (Wildman–Crippen LogP) is 1.35. The molecule has 28 heavy (non-hydrogen) atoms. The van der Waals surface area contributed by atoms with E-state index in [0.717, 1.165) is 11.1 Å². The van der Waals surface area contributed by atoms with Gasteiger partial charge in [0.05, 0.1) is 6.10 Å². The molecule has 0 bridgehead atoms. The summed E-state index contributed by atoms with van der Waals surface area (Å²) in [5.41, 5.74) is 11.4. The van der Waals surface area contributed by atoms with Crippen LogP contribution in [-0.2, 0) is 9.23 Å². The minimum atomic E-state index is -1.67. The Bertz CT molecular complexity index is 566. The molecule has 162 valence electrons. The first kappa shape index (κ1) is 32.3. The zero-order valence-electron chi connectivity index (χ0n) is 15.1. The Kier molecular flexibility index (Phi) is 21.5. The molecule has 0 fully saturated rings. The number of halogens is 4. The van der Waals surface area contributed by atoms with Gasteiger partial charge in [-0.3, -0.25) is 0 Å². The average Bonchev–Trinajstić information content (AvgIpc) is 2.61. The van der Waals surface area contributed by atoms with Crippen LogP contribution in [0.25, 0.3) is 0 Å². The molecule has 1 unspecified atom stereocenters. The molecule has 2 rings (SSSR count). The number of alkyl halides is 1. The summed E-state index contributed by atoms with van der Waals surface area (Å²) in [4.78, 5) is 0. The van der Waals surface area contributed by atoms with Gasteiger partial charge in [-0.25, -0.2) is 4.21 Å². The maximum Gasteiger partial charge on any atom is 0.211 e. The number of hydrogen-bond acceptors (Lipinski definition) is 3. The number of hydrogen-bond donors (Lipinski definition) is 3. The van der Waals surface area contributed by atoms with E-state index in [1.165, 1.54) is 0 Å². The summed E-state index contributed by atoms with van der Waals surface area (Å²) in [5, 5.41) is 9.51. The molecule has 0 aliphatic carbocycles. The molecule has 0 saturated heterocycles. The van der Waals surface area contributed by atoms with Crippen LogP contribution in [0.5, 0.6) is 0 Å². The minimum Gasteiger partial charge on any atom is -1.00 e. The largest absolute Gasteiger partial charge is 1.00 e. The fourth-order valence-electron chi connectivity index (χ4n) is 1.92. The Balaban J connectivity index is -0.000000355. The van der Waals surface area contributed by atoms with Crippen molar-refractivity contribution in [1.82, 2.24) is 0 Å². The van der Waals surface area contributed by atoms with E-state index >= 15 is 0 Å². The second-order valence-corrected chi connectivity index (χ2v) is 8.68. The Hall–Kier alpha value is -0.370. The van der Waals surface area contributed by atoms with Crippen LogP contribution < -0.4 is 23.9 Å². The molecule has 2 aromatic carbocycles. The minimum absolute atomic E-state index is 0. The monoisotopic (exact) mass is 490 g/mol. The quantitative estimate of drug-likeness (QED) is 0.445. The first-order chi connectivity index (χ1) is 12.2. The van der Waals surface area contributed by atoms with Gasteiger partial charge in [-0.05, 0) is 25.0 Å². The summed E-state index contributed by atoms with van der Waals surface area (Å²) < 4.78 is 9.09. The molecule has 4 nitrogen and oxygen atoms in total. The third-order valence-electron chi connectivity index (χ3n) is 3.26. The van der Waals surface area contributed by atoms with Crippen molar-refractivity contribution < 1.29 is 27.5 Å². The first-order valence-electron chi connectivity index (χ1n) is 7.91. The van der Waals surface area contributed by atoms with Crippen molar-refractivity contribution in [2.45, 2.75) is 44.8 Å². The highest BCUT2D eigenvalue weighted by Gasteiger charge is 2.14. The second-order valence-electron chi connectivity index (χ2n) is 5.69. The van der Waals surface area contributed by atoms with E-state index in [1.54, 1.807) is 6.92 Å². The lowest BCUT2D eigenvalue weighted by Gasteiger charge is -2.13. The smallest absolute Gasteiger partial charge is 0.211 e. The second kappa shape index (κ2) is 18.6. The van der Waals surface area contributed by atoms with Gasteiger partial charge in [-0.2, -0.15) is 0 Å². The zero-order valence-corrected chi connectivity index (χ0v) is 19.0. The molecule has 2 aromatic rings. The molecule has 0 aliphatic rings. The normalized spacial score (nSPS) is 13.8. The van der Waals surface area contributed by atoms with Crippen LogP contribution in [0, 0.1) is 0 Å². The summed E-state index contributed by atoms with van der Waals surface area (Å²) in [5.74, 6) is 0. The maximum absolute atomic E-state index is 9.47. The van der Waals surface area contributed by atoms with Gasteiger partial charge in [-0.1, -0.05) is 68.1 Å². The third-order valence-corrected chi connectivity index (χ3v) is 3.94. The molecular weight excluding hydrogens is 462 g/mol. The molecule has 0 saturated carbocycles. The lowest BCUT2D eigenvalue weighted by Crippen LogP contribution is -3.00. The van der Waals surface area contributed by atoms with Crippen LogP contribution in [0.15, 0.2) is 60.7 Å². The highest BCUT2D eigenvalue weighted by Crippen LogP contribution is 2.21. The number of rotatable bonds is 4. The van der Waals surface area contributed by atoms with Crippen LogP contribution in [0.3, 0.4) is 0 Å². The lowest BCUT2D eigenvalue weighted by molar-refractivity contribution is -0.414. The van der Waals surface area contributed by atoms with Crippen molar-refractivity contribution >= 4 is 42.2 Å². The number of nitrogens with two attached hydrogens (primary N) is 1. The van der Waals surface area contributed by atoms with Gasteiger partial charge in [-0.15, -0.1) is 11.6 Å². The van der Waals surface area contributed by atoms with Crippen molar-refractivity contribution in [3.63, 3.8) is 0 Å². The van der Waals surface area contributed by atoms with Crippen LogP contribution in [0.2, 0.25) is 0 Å². The predicted molar refractivity (Wildman–Crippen MR) is 119 cm³/mol. The summed E-state index contributed by atoms with van der Waals surface area (Å²) >= 11 is 6.08. The van der Waals surface area contributed by atoms with E-state index in [1.807, 2.05) is 67.6 Å².